The summed E-state index contributed by atoms with van der Waals surface area (Å²) in [5, 5.41) is 3.90. The predicted octanol–water partition coefficient (Wildman–Crippen LogP) is 4.50. The molecule has 1 aliphatic heterocycles. The number of amides is 3. The molecule has 2 heterocycles. The first kappa shape index (κ1) is 40.7. The zero-order chi connectivity index (χ0) is 35.8. The van der Waals surface area contributed by atoms with Gasteiger partial charge in [-0.25, -0.2) is 4.98 Å². The van der Waals surface area contributed by atoms with Crippen LogP contribution in [0.25, 0.3) is 10.9 Å². The van der Waals surface area contributed by atoms with Gasteiger partial charge in [0.1, 0.15) is 11.6 Å². The van der Waals surface area contributed by atoms with E-state index in [9.17, 15) is 19.2 Å². The number of Topliss-reactive ketones (excluding diaryl/α,β-unsaturated/α-hetero) is 1. The van der Waals surface area contributed by atoms with E-state index in [4.69, 9.17) is 24.7 Å². The molecule has 1 aromatic carbocycles. The molecule has 0 spiro atoms. The average molecular weight is 697 g/mol. The van der Waals surface area contributed by atoms with Crippen LogP contribution in [-0.2, 0) is 51.0 Å². The minimum absolute atomic E-state index is 0.0519. The molecular weight excluding hydrogens is 640 g/mol. The minimum atomic E-state index is -0.396. The number of anilines is 1. The molecule has 0 aliphatic carbocycles. The number of imide groups is 1. The second-order valence-electron chi connectivity index (χ2n) is 12.4. The number of ether oxygens (including phenoxy) is 4. The Labute approximate surface area is 296 Å². The molecule has 3 rings (SSSR count). The van der Waals surface area contributed by atoms with Crippen molar-refractivity contribution in [1.29, 1.82) is 0 Å². The molecule has 276 valence electrons. The summed E-state index contributed by atoms with van der Waals surface area (Å²) in [4.78, 5) is 52.7. The summed E-state index contributed by atoms with van der Waals surface area (Å²) in [6, 6.07) is 8.54. The molecule has 0 fully saturated rings. The number of pyridine rings is 1. The van der Waals surface area contributed by atoms with E-state index in [1.165, 1.54) is 35.9 Å². The first-order valence-corrected chi connectivity index (χ1v) is 18.2. The topological polar surface area (TPSA) is 159 Å². The van der Waals surface area contributed by atoms with Gasteiger partial charge in [0.15, 0.2) is 0 Å². The number of nitrogens with two attached hydrogens (primary N) is 1. The van der Waals surface area contributed by atoms with Gasteiger partial charge in [0.2, 0.25) is 5.91 Å². The number of ketones is 1. The van der Waals surface area contributed by atoms with Crippen molar-refractivity contribution in [3.8, 4) is 0 Å². The van der Waals surface area contributed by atoms with E-state index in [2.05, 4.69) is 35.4 Å². The van der Waals surface area contributed by atoms with Gasteiger partial charge in [-0.1, -0.05) is 44.7 Å². The summed E-state index contributed by atoms with van der Waals surface area (Å²) in [7, 11) is 0. The molecule has 0 unspecified atom stereocenters. The maximum atomic E-state index is 12.2. The van der Waals surface area contributed by atoms with Gasteiger partial charge in [-0.3, -0.25) is 24.1 Å². The molecule has 0 saturated carbocycles. The smallest absolute Gasteiger partial charge is 0.253 e. The number of unbranched alkanes of at least 4 members (excludes halogenated alkanes) is 5. The van der Waals surface area contributed by atoms with Gasteiger partial charge in [-0.15, -0.1) is 0 Å². The SMILES string of the molecule is CCCCCc1cc2c(CCCCCCC(=O)CCOCCOCCOCCOCCNC(=O)CCN3C(=O)C=CC3=O)cccc2nc1N. The third kappa shape index (κ3) is 15.9. The number of carbonyl (C=O) groups is 4. The molecule has 3 amide bonds. The van der Waals surface area contributed by atoms with Crippen molar-refractivity contribution in [3.63, 3.8) is 0 Å². The van der Waals surface area contributed by atoms with Crippen LogP contribution in [0.2, 0.25) is 0 Å². The van der Waals surface area contributed by atoms with Crippen LogP contribution in [0.15, 0.2) is 36.4 Å². The number of nitrogen functional groups attached to an aromatic ring is 1. The van der Waals surface area contributed by atoms with E-state index < -0.39 is 11.8 Å². The summed E-state index contributed by atoms with van der Waals surface area (Å²) in [6.07, 6.45) is 13.1. The lowest BCUT2D eigenvalue weighted by molar-refractivity contribution is -0.137. The first-order chi connectivity index (χ1) is 24.4. The summed E-state index contributed by atoms with van der Waals surface area (Å²) in [6.45, 7) is 5.85. The Hall–Kier alpha value is -3.71. The largest absolute Gasteiger partial charge is 0.383 e. The molecular formula is C38H56N4O8. The van der Waals surface area contributed by atoms with Crippen LogP contribution in [0, 0.1) is 0 Å². The molecule has 12 nitrogen and oxygen atoms in total. The van der Waals surface area contributed by atoms with Crippen molar-refractivity contribution in [3.05, 3.63) is 47.5 Å². The quantitative estimate of drug-likeness (QED) is 0.0916. The van der Waals surface area contributed by atoms with Gasteiger partial charge in [0.25, 0.3) is 11.8 Å². The Balaban J connectivity index is 1.07. The zero-order valence-corrected chi connectivity index (χ0v) is 29.8. The normalized spacial score (nSPS) is 12.8. The van der Waals surface area contributed by atoms with Gasteiger partial charge in [0.05, 0.1) is 58.4 Å². The second-order valence-corrected chi connectivity index (χ2v) is 12.4. The molecule has 1 aliphatic rings. The Kier molecular flexibility index (Phi) is 19.9. The molecule has 0 saturated heterocycles. The van der Waals surface area contributed by atoms with Crippen LogP contribution in [-0.4, -0.2) is 99.3 Å². The Morgan fingerprint density at radius 1 is 0.740 bits per heavy atom. The lowest BCUT2D eigenvalue weighted by Crippen LogP contribution is -2.35. The first-order valence-electron chi connectivity index (χ1n) is 18.2. The highest BCUT2D eigenvalue weighted by atomic mass is 16.6. The molecule has 0 bridgehead atoms. The van der Waals surface area contributed by atoms with Crippen LogP contribution in [0.4, 0.5) is 5.82 Å². The minimum Gasteiger partial charge on any atom is -0.383 e. The van der Waals surface area contributed by atoms with Crippen molar-refractivity contribution in [2.24, 2.45) is 0 Å². The Morgan fingerprint density at radius 3 is 2.06 bits per heavy atom. The third-order valence-electron chi connectivity index (χ3n) is 8.44. The van der Waals surface area contributed by atoms with Gasteiger partial charge in [0, 0.05) is 49.9 Å². The van der Waals surface area contributed by atoms with Crippen molar-refractivity contribution in [2.75, 3.05) is 71.7 Å². The highest BCUT2D eigenvalue weighted by Gasteiger charge is 2.23. The molecule has 0 atom stereocenters. The van der Waals surface area contributed by atoms with E-state index in [0.29, 0.717) is 78.1 Å². The number of hydrogen-bond donors (Lipinski definition) is 2. The lowest BCUT2D eigenvalue weighted by atomic mass is 9.98. The fourth-order valence-electron chi connectivity index (χ4n) is 5.58. The summed E-state index contributed by atoms with van der Waals surface area (Å²) >= 11 is 0. The van der Waals surface area contributed by atoms with Gasteiger partial charge < -0.3 is 30.0 Å². The zero-order valence-electron chi connectivity index (χ0n) is 29.8. The van der Waals surface area contributed by atoms with E-state index in [1.807, 2.05) is 6.07 Å². The fraction of sp³-hybridized carbons (Fsp3) is 0.605. The lowest BCUT2D eigenvalue weighted by Gasteiger charge is -2.13. The number of carbonyl (C=O) groups excluding carboxylic acids is 4. The van der Waals surface area contributed by atoms with E-state index >= 15 is 0 Å². The number of benzene rings is 1. The van der Waals surface area contributed by atoms with E-state index in [-0.39, 0.29) is 24.7 Å². The standard InChI is InChI=1S/C38H56N4O8/c1-2-3-6-11-31-29-33-30(12-9-14-34(33)41-38(31)39)10-7-4-5-8-13-32(43)18-21-47-23-25-49-27-28-50-26-24-48-22-19-40-35(44)17-20-42-36(45)15-16-37(42)46/h9,12,14-16,29H,2-8,10-11,13,17-28H2,1H3,(H2,39,41)(H,40,44). The van der Waals surface area contributed by atoms with Crippen molar-refractivity contribution >= 4 is 40.2 Å². The second kappa shape index (κ2) is 24.4. The average Bonchev–Trinajstić information content (AvgIpc) is 3.43. The molecule has 50 heavy (non-hydrogen) atoms. The van der Waals surface area contributed by atoms with Crippen molar-refractivity contribution in [2.45, 2.75) is 84.0 Å². The number of nitrogens with zero attached hydrogens (tertiary/aromatic N) is 2. The summed E-state index contributed by atoms with van der Waals surface area (Å²) in [5.41, 5.74) is 9.68. The number of fused-ring (bicyclic) bond motifs is 1. The fourth-order valence-corrected chi connectivity index (χ4v) is 5.58. The van der Waals surface area contributed by atoms with Gasteiger partial charge >= 0.3 is 0 Å². The van der Waals surface area contributed by atoms with Crippen molar-refractivity contribution < 1.29 is 38.1 Å². The van der Waals surface area contributed by atoms with E-state index in [1.54, 1.807) is 0 Å². The molecule has 3 N–H and O–H groups in total. The van der Waals surface area contributed by atoms with Gasteiger partial charge in [-0.2, -0.15) is 0 Å². The van der Waals surface area contributed by atoms with Gasteiger partial charge in [-0.05, 0) is 55.4 Å². The number of hydrogen-bond acceptors (Lipinski definition) is 10. The Bertz CT molecular complexity index is 1360. The van der Waals surface area contributed by atoms with Crippen LogP contribution in [0.1, 0.15) is 82.3 Å². The maximum Gasteiger partial charge on any atom is 0.253 e. The summed E-state index contributed by atoms with van der Waals surface area (Å²) in [5.74, 6) is -0.153. The molecule has 2 aromatic rings. The van der Waals surface area contributed by atoms with Crippen LogP contribution in [0.5, 0.6) is 0 Å². The highest BCUT2D eigenvalue weighted by molar-refractivity contribution is 6.13. The van der Waals surface area contributed by atoms with Crippen LogP contribution < -0.4 is 11.1 Å². The number of aryl methyl sites for hydroxylation is 2. The molecule has 1 aromatic heterocycles. The highest BCUT2D eigenvalue weighted by Crippen LogP contribution is 2.25. The van der Waals surface area contributed by atoms with Crippen LogP contribution in [0.3, 0.4) is 0 Å². The summed E-state index contributed by atoms with van der Waals surface area (Å²) < 4.78 is 21.9. The molecule has 0 radical (unpaired) electrons. The predicted molar refractivity (Wildman–Crippen MR) is 193 cm³/mol. The van der Waals surface area contributed by atoms with Crippen LogP contribution >= 0.6 is 0 Å². The van der Waals surface area contributed by atoms with Crippen molar-refractivity contribution in [1.82, 2.24) is 15.2 Å². The third-order valence-corrected chi connectivity index (χ3v) is 8.44. The number of aromatic nitrogens is 1. The Morgan fingerprint density at radius 2 is 1.36 bits per heavy atom. The molecule has 12 heteroatoms. The maximum absolute atomic E-state index is 12.2. The number of rotatable bonds is 29. The van der Waals surface area contributed by atoms with E-state index in [0.717, 1.165) is 60.9 Å². The monoisotopic (exact) mass is 696 g/mol. The number of nitrogens with one attached hydrogen (secondary N) is 1.